The van der Waals surface area contributed by atoms with E-state index in [1.165, 1.54) is 60.7 Å². The molecule has 9 nitrogen and oxygen atoms in total. The first kappa shape index (κ1) is 27.7. The van der Waals surface area contributed by atoms with Crippen molar-refractivity contribution in [3.05, 3.63) is 86.8 Å². The highest BCUT2D eigenvalue weighted by Crippen LogP contribution is 2.35. The van der Waals surface area contributed by atoms with Gasteiger partial charge in [0.1, 0.15) is 17.8 Å². The number of halogens is 2. The molecular weight excluding hydrogens is 554 g/mol. The van der Waals surface area contributed by atoms with Crippen molar-refractivity contribution in [3.63, 3.8) is 0 Å². The van der Waals surface area contributed by atoms with Gasteiger partial charge in [-0.05, 0) is 41.4 Å². The highest BCUT2D eigenvalue weighted by atomic mass is 32.1. The van der Waals surface area contributed by atoms with Crippen molar-refractivity contribution in [2.24, 2.45) is 0 Å². The van der Waals surface area contributed by atoms with Crippen LogP contribution in [0.4, 0.5) is 14.5 Å². The molecule has 0 fully saturated rings. The molecule has 0 aliphatic carbocycles. The summed E-state index contributed by atoms with van der Waals surface area (Å²) in [4.78, 5) is 35.1. The number of carbonyl (C=O) groups excluding carboxylic acids is 1. The summed E-state index contributed by atoms with van der Waals surface area (Å²) in [5.41, 5.74) is 1.68. The number of rotatable bonds is 9. The topological polar surface area (TPSA) is 105 Å². The molecule has 0 saturated heterocycles. The number of aryl methyl sites for hydroxylation is 1. The molecule has 1 N–H and O–H groups in total. The van der Waals surface area contributed by atoms with Gasteiger partial charge in [-0.25, -0.2) is 13.8 Å². The summed E-state index contributed by atoms with van der Waals surface area (Å²) in [6.07, 6.45) is 2.81. The molecule has 0 radical (unpaired) electrons. The quantitative estimate of drug-likeness (QED) is 0.229. The Labute approximate surface area is 237 Å². The van der Waals surface area contributed by atoms with Crippen LogP contribution in [0.5, 0.6) is 23.1 Å². The van der Waals surface area contributed by atoms with E-state index in [0.29, 0.717) is 33.6 Å². The Morgan fingerprint density at radius 3 is 2.61 bits per heavy atom. The van der Waals surface area contributed by atoms with Crippen molar-refractivity contribution in [2.75, 3.05) is 26.2 Å². The number of hydrogen-bond acceptors (Lipinski definition) is 8. The minimum Gasteiger partial charge on any atom is -0.491 e. The summed E-state index contributed by atoms with van der Waals surface area (Å²) in [6, 6.07) is 8.76. The third-order valence-electron chi connectivity index (χ3n) is 6.36. The van der Waals surface area contributed by atoms with Crippen molar-refractivity contribution < 1.29 is 27.8 Å². The number of methoxy groups -OCH3 is 2. The van der Waals surface area contributed by atoms with Gasteiger partial charge < -0.3 is 24.1 Å². The van der Waals surface area contributed by atoms with Crippen LogP contribution in [0.15, 0.2) is 64.3 Å². The number of aromatic nitrogens is 3. The van der Waals surface area contributed by atoms with Gasteiger partial charge in [0.15, 0.2) is 23.1 Å². The second-order valence-electron chi connectivity index (χ2n) is 8.80. The molecule has 0 spiro atoms. The van der Waals surface area contributed by atoms with Gasteiger partial charge in [0, 0.05) is 42.0 Å². The largest absolute Gasteiger partial charge is 0.491 e. The number of carbonyl (C=O) groups is 1. The third-order valence-corrected chi connectivity index (χ3v) is 7.04. The fourth-order valence-electron chi connectivity index (χ4n) is 4.35. The van der Waals surface area contributed by atoms with Gasteiger partial charge in [0.25, 0.3) is 11.8 Å². The summed E-state index contributed by atoms with van der Waals surface area (Å²) >= 11 is 1.40. The van der Waals surface area contributed by atoms with Gasteiger partial charge in [-0.1, -0.05) is 0 Å². The molecule has 4 aromatic heterocycles. The van der Waals surface area contributed by atoms with Crippen LogP contribution in [0.3, 0.4) is 0 Å². The maximum Gasteiger partial charge on any atom is 0.261 e. The predicted octanol–water partition coefficient (Wildman–Crippen LogP) is 6.00. The Bertz CT molecular complexity index is 1810. The number of benzene rings is 1. The van der Waals surface area contributed by atoms with E-state index in [-0.39, 0.29) is 35.2 Å². The minimum absolute atomic E-state index is 0.0264. The molecule has 0 saturated carbocycles. The fraction of sp³-hybridized carbons (Fsp3) is 0.172. The fourth-order valence-corrected chi connectivity index (χ4v) is 5.00. The van der Waals surface area contributed by atoms with Crippen LogP contribution in [0, 0.1) is 12.7 Å². The number of fused-ring (bicyclic) bond motifs is 1. The normalized spacial score (nSPS) is 11.0. The summed E-state index contributed by atoms with van der Waals surface area (Å²) in [6.45, 7) is 0.998. The standard InChI is InChI=1S/C29H24F2N4O5S/c1-16-25(17-7-11-41-15-17)27(36)19(14-35(16)10-8-30)28(37)33-18-4-5-22(20(31)12-18)40-23-6-9-32-21-13-24(38-2)29(39-3)34-26(21)23/h4-7,9,11-15H,8,10H2,1-3H3,(H,33,37). The summed E-state index contributed by atoms with van der Waals surface area (Å²) < 4.78 is 46.2. The van der Waals surface area contributed by atoms with Crippen molar-refractivity contribution in [3.8, 4) is 34.3 Å². The monoisotopic (exact) mass is 578 g/mol. The molecule has 1 amide bonds. The predicted molar refractivity (Wildman–Crippen MR) is 152 cm³/mol. The Balaban J connectivity index is 1.43. The molecular formula is C29H24F2N4O5S. The average Bonchev–Trinajstić information content (AvgIpc) is 3.50. The summed E-state index contributed by atoms with van der Waals surface area (Å²) in [5.74, 6) is -0.847. The molecule has 0 bridgehead atoms. The van der Waals surface area contributed by atoms with Crippen molar-refractivity contribution in [1.29, 1.82) is 0 Å². The number of nitrogens with zero attached hydrogens (tertiary/aromatic N) is 3. The van der Waals surface area contributed by atoms with Crippen LogP contribution < -0.4 is 25.0 Å². The van der Waals surface area contributed by atoms with E-state index in [2.05, 4.69) is 15.3 Å². The van der Waals surface area contributed by atoms with E-state index in [0.717, 1.165) is 6.07 Å². The molecule has 0 aliphatic rings. The Kier molecular flexibility index (Phi) is 7.92. The molecule has 1 aromatic carbocycles. The van der Waals surface area contributed by atoms with Gasteiger partial charge in [-0.3, -0.25) is 14.6 Å². The van der Waals surface area contributed by atoms with E-state index in [1.807, 2.05) is 5.38 Å². The summed E-state index contributed by atoms with van der Waals surface area (Å²) in [5, 5.41) is 6.15. The van der Waals surface area contributed by atoms with Crippen molar-refractivity contribution >= 4 is 34.0 Å². The highest BCUT2D eigenvalue weighted by Gasteiger charge is 2.21. The minimum atomic E-state index is -0.772. The van der Waals surface area contributed by atoms with Crippen molar-refractivity contribution in [1.82, 2.24) is 14.5 Å². The molecule has 5 aromatic rings. The first-order valence-electron chi connectivity index (χ1n) is 12.3. The van der Waals surface area contributed by atoms with Gasteiger partial charge in [0.2, 0.25) is 5.43 Å². The van der Waals surface area contributed by atoms with Crippen LogP contribution in [-0.4, -0.2) is 41.3 Å². The van der Waals surface area contributed by atoms with E-state index >= 15 is 4.39 Å². The second-order valence-corrected chi connectivity index (χ2v) is 9.58. The number of anilines is 1. The molecule has 41 heavy (non-hydrogen) atoms. The van der Waals surface area contributed by atoms with Crippen LogP contribution in [0.1, 0.15) is 16.1 Å². The molecule has 12 heteroatoms. The third kappa shape index (κ3) is 5.46. The van der Waals surface area contributed by atoms with E-state index in [9.17, 15) is 14.0 Å². The molecule has 210 valence electrons. The van der Waals surface area contributed by atoms with Crippen LogP contribution in [-0.2, 0) is 6.54 Å². The molecule has 4 heterocycles. The van der Waals surface area contributed by atoms with Gasteiger partial charge in [0.05, 0.1) is 31.8 Å². The van der Waals surface area contributed by atoms with Gasteiger partial charge in [-0.15, -0.1) is 0 Å². The van der Waals surface area contributed by atoms with Gasteiger partial charge >= 0.3 is 0 Å². The Hall–Kier alpha value is -4.84. The number of thiophene rings is 1. The zero-order valence-corrected chi connectivity index (χ0v) is 23.1. The smallest absolute Gasteiger partial charge is 0.261 e. The van der Waals surface area contributed by atoms with Gasteiger partial charge in [-0.2, -0.15) is 11.3 Å². The average molecular weight is 579 g/mol. The maximum absolute atomic E-state index is 15.1. The van der Waals surface area contributed by atoms with E-state index in [4.69, 9.17) is 14.2 Å². The number of amides is 1. The number of ether oxygens (including phenoxy) is 3. The lowest BCUT2D eigenvalue weighted by atomic mass is 10.0. The second kappa shape index (κ2) is 11.7. The number of pyridine rings is 3. The Morgan fingerprint density at radius 1 is 1.10 bits per heavy atom. The molecule has 0 unspecified atom stereocenters. The lowest BCUT2D eigenvalue weighted by Gasteiger charge is -2.16. The maximum atomic E-state index is 15.1. The van der Waals surface area contributed by atoms with Crippen LogP contribution in [0.2, 0.25) is 0 Å². The number of nitrogens with one attached hydrogen (secondary N) is 1. The van der Waals surface area contributed by atoms with E-state index in [1.54, 1.807) is 24.4 Å². The van der Waals surface area contributed by atoms with Crippen LogP contribution in [0.25, 0.3) is 22.2 Å². The SMILES string of the molecule is COc1cc2nccc(Oc3ccc(NC(=O)c4cn(CCF)c(C)c(-c5ccsc5)c4=O)cc3F)c2nc1OC. The zero-order valence-electron chi connectivity index (χ0n) is 22.2. The molecule has 5 rings (SSSR count). The lowest BCUT2D eigenvalue weighted by Crippen LogP contribution is -2.26. The van der Waals surface area contributed by atoms with Crippen molar-refractivity contribution in [2.45, 2.75) is 13.5 Å². The summed E-state index contributed by atoms with van der Waals surface area (Å²) in [7, 11) is 2.92. The highest BCUT2D eigenvalue weighted by molar-refractivity contribution is 7.08. The first-order chi connectivity index (χ1) is 19.8. The number of alkyl halides is 1. The van der Waals surface area contributed by atoms with E-state index < -0.39 is 23.8 Å². The molecule has 0 aliphatic heterocycles. The van der Waals surface area contributed by atoms with Crippen LogP contribution >= 0.6 is 11.3 Å². The Morgan fingerprint density at radius 2 is 1.93 bits per heavy atom. The number of hydrogen-bond donors (Lipinski definition) is 1. The first-order valence-corrected chi connectivity index (χ1v) is 13.3. The molecule has 0 atom stereocenters. The zero-order chi connectivity index (χ0) is 29.1. The lowest BCUT2D eigenvalue weighted by molar-refractivity contribution is 0.102.